The average molecular weight is 394 g/mol. The fourth-order valence-corrected chi connectivity index (χ4v) is 2.97. The van der Waals surface area contributed by atoms with Crippen LogP contribution < -0.4 is 15.8 Å². The van der Waals surface area contributed by atoms with Crippen molar-refractivity contribution in [3.05, 3.63) is 48.2 Å². The van der Waals surface area contributed by atoms with Gasteiger partial charge in [0, 0.05) is 32.2 Å². The third-order valence-electron chi connectivity index (χ3n) is 4.28. The topological polar surface area (TPSA) is 97.8 Å². The van der Waals surface area contributed by atoms with E-state index < -0.39 is 0 Å². The molecule has 2 heterocycles. The van der Waals surface area contributed by atoms with Crippen LogP contribution in [0.2, 0.25) is 0 Å². The Morgan fingerprint density at radius 3 is 2.74 bits per heavy atom. The van der Waals surface area contributed by atoms with Crippen molar-refractivity contribution in [2.24, 2.45) is 11.7 Å². The van der Waals surface area contributed by atoms with Gasteiger partial charge in [0.2, 0.25) is 5.91 Å². The summed E-state index contributed by atoms with van der Waals surface area (Å²) in [5.74, 6) is 0.599. The first-order chi connectivity index (χ1) is 12.7. The largest absolute Gasteiger partial charge is 0.426 e. The number of piperidine rings is 1. The zero-order valence-corrected chi connectivity index (χ0v) is 15.7. The maximum Gasteiger partial charge on any atom is 0.290 e. The number of para-hydroxylation sites is 1. The highest BCUT2D eigenvalue weighted by atomic mass is 35.5. The van der Waals surface area contributed by atoms with E-state index in [2.05, 4.69) is 5.32 Å². The molecule has 1 aliphatic rings. The molecule has 1 saturated heterocycles. The van der Waals surface area contributed by atoms with E-state index in [1.165, 1.54) is 0 Å². The van der Waals surface area contributed by atoms with Gasteiger partial charge in [-0.25, -0.2) is 0 Å². The van der Waals surface area contributed by atoms with Gasteiger partial charge in [-0.3, -0.25) is 9.59 Å². The van der Waals surface area contributed by atoms with Crippen LogP contribution in [0.4, 0.5) is 0 Å². The number of furan rings is 1. The number of nitrogens with one attached hydrogen (secondary N) is 1. The molecule has 1 aromatic heterocycles. The van der Waals surface area contributed by atoms with Gasteiger partial charge < -0.3 is 25.1 Å². The summed E-state index contributed by atoms with van der Waals surface area (Å²) >= 11 is 0. The Balaban J connectivity index is 0.00000261. The molecule has 1 aliphatic heterocycles. The van der Waals surface area contributed by atoms with Gasteiger partial charge >= 0.3 is 0 Å². The zero-order valence-electron chi connectivity index (χ0n) is 14.9. The number of amides is 2. The molecule has 146 valence electrons. The minimum Gasteiger partial charge on any atom is -0.426 e. The summed E-state index contributed by atoms with van der Waals surface area (Å²) in [7, 11) is 0. The normalized spacial score (nSPS) is 16.3. The highest BCUT2D eigenvalue weighted by Gasteiger charge is 2.30. The summed E-state index contributed by atoms with van der Waals surface area (Å²) in [6.45, 7) is 1.83. The molecule has 2 aromatic rings. The monoisotopic (exact) mass is 393 g/mol. The Morgan fingerprint density at radius 1 is 1.22 bits per heavy atom. The van der Waals surface area contributed by atoms with Crippen LogP contribution in [0.3, 0.4) is 0 Å². The second-order valence-electron chi connectivity index (χ2n) is 6.20. The van der Waals surface area contributed by atoms with Crippen LogP contribution in [0.15, 0.2) is 46.9 Å². The van der Waals surface area contributed by atoms with Crippen molar-refractivity contribution < 1.29 is 18.7 Å². The molecule has 2 amide bonds. The number of hydrogen-bond donors (Lipinski definition) is 2. The maximum atomic E-state index is 12.7. The lowest BCUT2D eigenvalue weighted by atomic mass is 9.97. The van der Waals surface area contributed by atoms with Gasteiger partial charge in [0.1, 0.15) is 5.75 Å². The van der Waals surface area contributed by atoms with E-state index in [4.69, 9.17) is 14.9 Å². The number of benzene rings is 1. The standard InChI is InChI=1S/C19H23N3O4.ClH/c20-10-11-21-18(23)14-5-4-12-22(13-14)19(24)16-8-9-17(26-16)25-15-6-2-1-3-7-15;/h1-3,6-9,14H,4-5,10-13,20H2,(H,21,23);1H. The number of carbonyl (C=O) groups is 2. The minimum atomic E-state index is -0.232. The fourth-order valence-electron chi connectivity index (χ4n) is 2.97. The Morgan fingerprint density at radius 2 is 2.00 bits per heavy atom. The lowest BCUT2D eigenvalue weighted by molar-refractivity contribution is -0.126. The van der Waals surface area contributed by atoms with Crippen molar-refractivity contribution in [1.82, 2.24) is 10.2 Å². The van der Waals surface area contributed by atoms with Crippen LogP contribution in [-0.2, 0) is 4.79 Å². The van der Waals surface area contributed by atoms with Crippen molar-refractivity contribution in [3.63, 3.8) is 0 Å². The molecule has 3 rings (SSSR count). The molecule has 0 radical (unpaired) electrons. The molecule has 0 aliphatic carbocycles. The van der Waals surface area contributed by atoms with Crippen LogP contribution in [0.1, 0.15) is 23.4 Å². The first-order valence-corrected chi connectivity index (χ1v) is 8.77. The van der Waals surface area contributed by atoms with Gasteiger partial charge in [-0.05, 0) is 31.0 Å². The van der Waals surface area contributed by atoms with E-state index >= 15 is 0 Å². The van der Waals surface area contributed by atoms with Crippen LogP contribution in [0.5, 0.6) is 11.7 Å². The minimum absolute atomic E-state index is 0. The Hall–Kier alpha value is -2.51. The lowest BCUT2D eigenvalue weighted by Gasteiger charge is -2.31. The summed E-state index contributed by atoms with van der Waals surface area (Å²) in [5.41, 5.74) is 5.41. The van der Waals surface area contributed by atoms with Crippen molar-refractivity contribution >= 4 is 24.2 Å². The number of rotatable bonds is 6. The van der Waals surface area contributed by atoms with E-state index in [-0.39, 0.29) is 41.8 Å². The molecule has 1 unspecified atom stereocenters. The van der Waals surface area contributed by atoms with Crippen LogP contribution in [0.25, 0.3) is 0 Å². The predicted molar refractivity (Wildman–Crippen MR) is 103 cm³/mol. The summed E-state index contributed by atoms with van der Waals surface area (Å²) in [4.78, 5) is 26.4. The molecule has 3 N–H and O–H groups in total. The van der Waals surface area contributed by atoms with Gasteiger partial charge in [0.15, 0.2) is 5.76 Å². The van der Waals surface area contributed by atoms with Crippen molar-refractivity contribution in [3.8, 4) is 11.7 Å². The molecular weight excluding hydrogens is 370 g/mol. The maximum absolute atomic E-state index is 12.7. The van der Waals surface area contributed by atoms with Gasteiger partial charge in [-0.15, -0.1) is 12.4 Å². The molecule has 27 heavy (non-hydrogen) atoms. The average Bonchev–Trinajstić information content (AvgIpc) is 3.14. The lowest BCUT2D eigenvalue weighted by Crippen LogP contribution is -2.46. The molecule has 0 bridgehead atoms. The number of nitrogens with two attached hydrogens (primary N) is 1. The van der Waals surface area contributed by atoms with E-state index in [0.717, 1.165) is 12.8 Å². The number of carbonyl (C=O) groups excluding carboxylic acids is 2. The molecular formula is C19H24ClN3O4. The van der Waals surface area contributed by atoms with Crippen molar-refractivity contribution in [1.29, 1.82) is 0 Å². The molecule has 1 aromatic carbocycles. The van der Waals surface area contributed by atoms with Crippen LogP contribution in [0, 0.1) is 5.92 Å². The highest BCUT2D eigenvalue weighted by Crippen LogP contribution is 2.25. The molecule has 0 saturated carbocycles. The smallest absolute Gasteiger partial charge is 0.290 e. The Bertz CT molecular complexity index is 750. The van der Waals surface area contributed by atoms with E-state index in [9.17, 15) is 9.59 Å². The van der Waals surface area contributed by atoms with Gasteiger partial charge in [0.05, 0.1) is 5.92 Å². The predicted octanol–water partition coefficient (Wildman–Crippen LogP) is 2.42. The van der Waals surface area contributed by atoms with Crippen molar-refractivity contribution in [2.45, 2.75) is 12.8 Å². The summed E-state index contributed by atoms with van der Waals surface area (Å²) in [5, 5.41) is 2.79. The van der Waals surface area contributed by atoms with Crippen molar-refractivity contribution in [2.75, 3.05) is 26.2 Å². The van der Waals surface area contributed by atoms with Gasteiger partial charge in [0.25, 0.3) is 11.9 Å². The number of hydrogen-bond acceptors (Lipinski definition) is 5. The molecule has 1 atom stereocenters. The SMILES string of the molecule is Cl.NCCNC(=O)C1CCCN(C(=O)c2ccc(Oc3ccccc3)o2)C1. The van der Waals surface area contributed by atoms with Crippen LogP contribution in [-0.4, -0.2) is 42.9 Å². The third kappa shape index (κ3) is 5.48. The van der Waals surface area contributed by atoms with E-state index in [1.54, 1.807) is 29.2 Å². The second kappa shape index (κ2) is 9.99. The number of halogens is 1. The first kappa shape index (κ1) is 20.8. The Labute approximate surface area is 164 Å². The molecule has 8 heteroatoms. The second-order valence-corrected chi connectivity index (χ2v) is 6.20. The molecule has 0 spiro atoms. The van der Waals surface area contributed by atoms with Crippen LogP contribution >= 0.6 is 12.4 Å². The van der Waals surface area contributed by atoms with Gasteiger partial charge in [-0.2, -0.15) is 0 Å². The number of likely N-dealkylation sites (tertiary alicyclic amines) is 1. The van der Waals surface area contributed by atoms with E-state index in [0.29, 0.717) is 31.9 Å². The van der Waals surface area contributed by atoms with E-state index in [1.807, 2.05) is 18.2 Å². The fraction of sp³-hybridized carbons (Fsp3) is 0.368. The summed E-state index contributed by atoms with van der Waals surface area (Å²) in [6, 6.07) is 12.4. The van der Waals surface area contributed by atoms with Gasteiger partial charge in [-0.1, -0.05) is 18.2 Å². The zero-order chi connectivity index (χ0) is 18.4. The highest BCUT2D eigenvalue weighted by molar-refractivity contribution is 5.92. The first-order valence-electron chi connectivity index (χ1n) is 8.77. The third-order valence-corrected chi connectivity index (χ3v) is 4.28. The molecule has 1 fully saturated rings. The Kier molecular flexibility index (Phi) is 7.69. The quantitative estimate of drug-likeness (QED) is 0.785. The summed E-state index contributed by atoms with van der Waals surface area (Å²) < 4.78 is 11.1. The number of ether oxygens (including phenoxy) is 1. The number of nitrogens with zero attached hydrogens (tertiary/aromatic N) is 1. The summed E-state index contributed by atoms with van der Waals surface area (Å²) in [6.07, 6.45) is 1.54. The molecule has 7 nitrogen and oxygen atoms in total.